The van der Waals surface area contributed by atoms with Crippen molar-refractivity contribution in [3.63, 3.8) is 0 Å². The first-order valence-corrected chi connectivity index (χ1v) is 8.87. The fourth-order valence-electron chi connectivity index (χ4n) is 1.91. The Morgan fingerprint density at radius 1 is 1.00 bits per heavy atom. The van der Waals surface area contributed by atoms with E-state index in [9.17, 15) is 8.42 Å². The molecule has 0 amide bonds. The Morgan fingerprint density at radius 2 is 1.70 bits per heavy atom. The van der Waals surface area contributed by atoms with E-state index >= 15 is 0 Å². The predicted molar refractivity (Wildman–Crippen MR) is 83.4 cm³/mol. The molecule has 114 valence electrons. The van der Waals surface area contributed by atoms with Crippen LogP contribution < -0.4 is 10.0 Å². The Hall–Kier alpha value is -0.910. The van der Waals surface area contributed by atoms with Crippen molar-refractivity contribution in [2.75, 3.05) is 19.6 Å². The highest BCUT2D eigenvalue weighted by atomic mass is 32.2. The van der Waals surface area contributed by atoms with E-state index in [1.165, 1.54) is 0 Å². The van der Waals surface area contributed by atoms with Crippen LogP contribution in [-0.4, -0.2) is 28.1 Å². The zero-order chi connectivity index (χ0) is 14.8. The van der Waals surface area contributed by atoms with Gasteiger partial charge >= 0.3 is 0 Å². The van der Waals surface area contributed by atoms with Gasteiger partial charge in [-0.25, -0.2) is 13.1 Å². The Kier molecular flexibility index (Phi) is 7.80. The van der Waals surface area contributed by atoms with Gasteiger partial charge in [0.1, 0.15) is 0 Å². The molecule has 1 rings (SSSR count). The van der Waals surface area contributed by atoms with Crippen LogP contribution in [0.4, 0.5) is 0 Å². The van der Waals surface area contributed by atoms with Crippen LogP contribution in [0.2, 0.25) is 0 Å². The van der Waals surface area contributed by atoms with Gasteiger partial charge in [-0.1, -0.05) is 38.8 Å². The Balaban J connectivity index is 2.53. The zero-order valence-corrected chi connectivity index (χ0v) is 13.3. The second kappa shape index (κ2) is 9.10. The molecule has 0 aromatic heterocycles. The minimum atomic E-state index is -3.35. The predicted octanol–water partition coefficient (Wildman–Crippen LogP) is 2.31. The van der Waals surface area contributed by atoms with Gasteiger partial charge in [-0.15, -0.1) is 0 Å². The van der Waals surface area contributed by atoms with Crippen LogP contribution in [-0.2, 0) is 16.4 Å². The summed E-state index contributed by atoms with van der Waals surface area (Å²) in [4.78, 5) is 0.348. The summed E-state index contributed by atoms with van der Waals surface area (Å²) in [6.07, 6.45) is 3.93. The van der Waals surface area contributed by atoms with E-state index in [1.807, 2.05) is 12.1 Å². The van der Waals surface area contributed by atoms with Gasteiger partial charge in [0.2, 0.25) is 10.0 Å². The van der Waals surface area contributed by atoms with Crippen molar-refractivity contribution >= 4 is 10.0 Å². The molecule has 0 spiro atoms. The first-order valence-electron chi connectivity index (χ1n) is 7.39. The number of hydrogen-bond donors (Lipinski definition) is 2. The molecule has 0 aliphatic carbocycles. The average Bonchev–Trinajstić information content (AvgIpc) is 2.45. The summed E-state index contributed by atoms with van der Waals surface area (Å²) in [6.45, 7) is 6.55. The van der Waals surface area contributed by atoms with Crippen LogP contribution in [0.1, 0.15) is 38.7 Å². The van der Waals surface area contributed by atoms with Gasteiger partial charge in [-0.3, -0.25) is 0 Å². The van der Waals surface area contributed by atoms with Gasteiger partial charge in [0.05, 0.1) is 4.90 Å². The lowest BCUT2D eigenvalue weighted by molar-refractivity contribution is 0.576. The molecule has 0 heterocycles. The van der Waals surface area contributed by atoms with Crippen molar-refractivity contribution in [3.8, 4) is 0 Å². The van der Waals surface area contributed by atoms with Crippen molar-refractivity contribution < 1.29 is 8.42 Å². The number of unbranched alkanes of at least 4 members (excludes halogenated alkanes) is 2. The first kappa shape index (κ1) is 17.1. The molecule has 1 aromatic carbocycles. The summed E-state index contributed by atoms with van der Waals surface area (Å²) in [5.74, 6) is 0. The second-order valence-corrected chi connectivity index (χ2v) is 6.62. The summed E-state index contributed by atoms with van der Waals surface area (Å²) in [5.41, 5.74) is 1.15. The minimum Gasteiger partial charge on any atom is -0.317 e. The van der Waals surface area contributed by atoms with Crippen LogP contribution in [0.5, 0.6) is 0 Å². The maximum Gasteiger partial charge on any atom is 0.240 e. The highest BCUT2D eigenvalue weighted by molar-refractivity contribution is 7.89. The summed E-state index contributed by atoms with van der Waals surface area (Å²) >= 11 is 0. The molecule has 0 aliphatic heterocycles. The Morgan fingerprint density at radius 3 is 2.30 bits per heavy atom. The molecule has 0 radical (unpaired) electrons. The van der Waals surface area contributed by atoms with Crippen molar-refractivity contribution in [2.24, 2.45) is 0 Å². The fraction of sp³-hybridized carbons (Fsp3) is 0.600. The number of hydrogen-bond acceptors (Lipinski definition) is 3. The third kappa shape index (κ3) is 6.03. The number of sulfonamides is 1. The maximum absolute atomic E-state index is 12.0. The van der Waals surface area contributed by atoms with Crippen molar-refractivity contribution in [2.45, 2.75) is 44.4 Å². The standard InChI is InChI=1S/C15H26N2O2S/c1-3-5-6-12-17-20(18,19)15-9-7-14(8-10-15)11-13-16-4-2/h7-10,16-17H,3-6,11-13H2,1-2H3. The molecule has 0 saturated carbocycles. The molecule has 2 N–H and O–H groups in total. The number of rotatable bonds is 10. The van der Waals surface area contributed by atoms with Crippen LogP contribution in [0, 0.1) is 0 Å². The van der Waals surface area contributed by atoms with E-state index < -0.39 is 10.0 Å². The lowest BCUT2D eigenvalue weighted by Gasteiger charge is -2.07. The molecule has 0 bridgehead atoms. The molecule has 1 aromatic rings. The second-order valence-electron chi connectivity index (χ2n) is 4.85. The monoisotopic (exact) mass is 298 g/mol. The molecule has 5 heteroatoms. The molecule has 0 fully saturated rings. The molecular formula is C15H26N2O2S. The summed E-state index contributed by atoms with van der Waals surface area (Å²) in [6, 6.07) is 7.14. The lowest BCUT2D eigenvalue weighted by Crippen LogP contribution is -2.24. The molecule has 0 atom stereocenters. The number of benzene rings is 1. The van der Waals surface area contributed by atoms with E-state index in [0.717, 1.165) is 44.3 Å². The van der Waals surface area contributed by atoms with Gasteiger partial charge in [0.25, 0.3) is 0 Å². The molecule has 4 nitrogen and oxygen atoms in total. The van der Waals surface area contributed by atoms with E-state index in [-0.39, 0.29) is 0 Å². The van der Waals surface area contributed by atoms with Crippen LogP contribution in [0.15, 0.2) is 29.2 Å². The topological polar surface area (TPSA) is 58.2 Å². The third-order valence-electron chi connectivity index (χ3n) is 3.15. The van der Waals surface area contributed by atoms with Crippen LogP contribution in [0.3, 0.4) is 0 Å². The number of nitrogens with one attached hydrogen (secondary N) is 2. The van der Waals surface area contributed by atoms with E-state index in [0.29, 0.717) is 11.4 Å². The highest BCUT2D eigenvalue weighted by Gasteiger charge is 2.12. The molecule has 20 heavy (non-hydrogen) atoms. The van der Waals surface area contributed by atoms with Crippen molar-refractivity contribution in [1.29, 1.82) is 0 Å². The van der Waals surface area contributed by atoms with E-state index in [4.69, 9.17) is 0 Å². The fourth-order valence-corrected chi connectivity index (χ4v) is 2.98. The Bertz CT molecular complexity index is 469. The smallest absolute Gasteiger partial charge is 0.240 e. The lowest BCUT2D eigenvalue weighted by atomic mass is 10.1. The maximum atomic E-state index is 12.0. The quantitative estimate of drug-likeness (QED) is 0.652. The van der Waals surface area contributed by atoms with Gasteiger partial charge in [0.15, 0.2) is 0 Å². The van der Waals surface area contributed by atoms with Gasteiger partial charge in [-0.05, 0) is 43.6 Å². The van der Waals surface area contributed by atoms with Crippen molar-refractivity contribution in [1.82, 2.24) is 10.0 Å². The van der Waals surface area contributed by atoms with Gasteiger partial charge in [0, 0.05) is 6.54 Å². The minimum absolute atomic E-state index is 0.348. The normalized spacial score (nSPS) is 11.7. The zero-order valence-electron chi connectivity index (χ0n) is 12.5. The summed E-state index contributed by atoms with van der Waals surface area (Å²) in [5, 5.41) is 3.25. The first-order chi connectivity index (χ1) is 9.60. The van der Waals surface area contributed by atoms with E-state index in [2.05, 4.69) is 23.9 Å². The van der Waals surface area contributed by atoms with Gasteiger partial charge < -0.3 is 5.32 Å². The van der Waals surface area contributed by atoms with E-state index in [1.54, 1.807) is 12.1 Å². The number of likely N-dealkylation sites (N-methyl/N-ethyl adjacent to an activating group) is 1. The average molecular weight is 298 g/mol. The SMILES string of the molecule is CCCCCNS(=O)(=O)c1ccc(CCNCC)cc1. The summed E-state index contributed by atoms with van der Waals surface area (Å²) < 4.78 is 26.7. The molecular weight excluding hydrogens is 272 g/mol. The van der Waals surface area contributed by atoms with Gasteiger partial charge in [-0.2, -0.15) is 0 Å². The highest BCUT2D eigenvalue weighted by Crippen LogP contribution is 2.11. The van der Waals surface area contributed by atoms with Crippen LogP contribution >= 0.6 is 0 Å². The molecule has 0 unspecified atom stereocenters. The largest absolute Gasteiger partial charge is 0.317 e. The molecule has 0 aliphatic rings. The molecule has 0 saturated heterocycles. The van der Waals surface area contributed by atoms with Crippen molar-refractivity contribution in [3.05, 3.63) is 29.8 Å². The Labute approximate surface area is 123 Å². The summed E-state index contributed by atoms with van der Waals surface area (Å²) in [7, 11) is -3.35. The third-order valence-corrected chi connectivity index (χ3v) is 4.62. The van der Waals surface area contributed by atoms with Crippen LogP contribution in [0.25, 0.3) is 0 Å².